The van der Waals surface area contributed by atoms with E-state index in [1.54, 1.807) is 11.0 Å². The van der Waals surface area contributed by atoms with Crippen LogP contribution in [0.2, 0.25) is 0 Å². The standard InChI is InChI=1S/C12H15FN2O/c1-2-10(14)12(16)15-6-5-8-3-4-9(13)7-11(8)15/h3-4,7,10H,2,5-6,14H2,1H3/t10-/m0/s1. The Hall–Kier alpha value is -1.42. The zero-order valence-electron chi connectivity index (χ0n) is 9.24. The largest absolute Gasteiger partial charge is 0.320 e. The molecule has 86 valence electrons. The molecule has 0 aromatic heterocycles. The summed E-state index contributed by atoms with van der Waals surface area (Å²) in [6, 6.07) is 4.07. The second-order valence-electron chi connectivity index (χ2n) is 4.03. The molecule has 16 heavy (non-hydrogen) atoms. The number of hydrogen-bond acceptors (Lipinski definition) is 2. The highest BCUT2D eigenvalue weighted by molar-refractivity contribution is 5.98. The van der Waals surface area contributed by atoms with Gasteiger partial charge in [-0.1, -0.05) is 13.0 Å². The fourth-order valence-electron chi connectivity index (χ4n) is 1.96. The van der Waals surface area contributed by atoms with Crippen LogP contribution in [0.1, 0.15) is 18.9 Å². The minimum atomic E-state index is -0.491. The Labute approximate surface area is 94.0 Å². The molecule has 0 saturated heterocycles. The first-order chi connectivity index (χ1) is 7.63. The summed E-state index contributed by atoms with van der Waals surface area (Å²) in [6.07, 6.45) is 1.37. The molecule has 1 aliphatic rings. The molecule has 0 saturated carbocycles. The van der Waals surface area contributed by atoms with Crippen LogP contribution in [0.5, 0.6) is 0 Å². The molecule has 0 aliphatic carbocycles. The fourth-order valence-corrected chi connectivity index (χ4v) is 1.96. The molecule has 0 spiro atoms. The number of carbonyl (C=O) groups excluding carboxylic acids is 1. The summed E-state index contributed by atoms with van der Waals surface area (Å²) in [5, 5.41) is 0. The van der Waals surface area contributed by atoms with Crippen LogP contribution in [0.3, 0.4) is 0 Å². The topological polar surface area (TPSA) is 46.3 Å². The lowest BCUT2D eigenvalue weighted by atomic mass is 10.1. The van der Waals surface area contributed by atoms with Crippen LogP contribution in [0, 0.1) is 5.82 Å². The Morgan fingerprint density at radius 2 is 2.38 bits per heavy atom. The quantitative estimate of drug-likeness (QED) is 0.823. The van der Waals surface area contributed by atoms with E-state index in [-0.39, 0.29) is 11.7 Å². The minimum Gasteiger partial charge on any atom is -0.320 e. The first-order valence-corrected chi connectivity index (χ1v) is 5.49. The molecule has 0 unspecified atom stereocenters. The Bertz CT molecular complexity index is 419. The molecule has 3 nitrogen and oxygen atoms in total. The molecule has 4 heteroatoms. The highest BCUT2D eigenvalue weighted by atomic mass is 19.1. The molecule has 1 amide bonds. The van der Waals surface area contributed by atoms with Crippen molar-refractivity contribution in [3.63, 3.8) is 0 Å². The fraction of sp³-hybridized carbons (Fsp3) is 0.417. The van der Waals surface area contributed by atoms with Crippen molar-refractivity contribution in [1.82, 2.24) is 0 Å². The van der Waals surface area contributed by atoms with Crippen molar-refractivity contribution in [2.75, 3.05) is 11.4 Å². The third-order valence-corrected chi connectivity index (χ3v) is 2.97. The number of nitrogens with zero attached hydrogens (tertiary/aromatic N) is 1. The van der Waals surface area contributed by atoms with Crippen molar-refractivity contribution in [3.05, 3.63) is 29.6 Å². The van der Waals surface area contributed by atoms with Crippen LogP contribution in [0.4, 0.5) is 10.1 Å². The molecule has 1 aromatic rings. The van der Waals surface area contributed by atoms with E-state index >= 15 is 0 Å². The van der Waals surface area contributed by atoms with E-state index < -0.39 is 6.04 Å². The minimum absolute atomic E-state index is 0.119. The first-order valence-electron chi connectivity index (χ1n) is 5.49. The van der Waals surface area contributed by atoms with E-state index in [9.17, 15) is 9.18 Å². The van der Waals surface area contributed by atoms with Crippen molar-refractivity contribution in [2.24, 2.45) is 5.73 Å². The van der Waals surface area contributed by atoms with E-state index in [4.69, 9.17) is 5.73 Å². The predicted octanol–water partition coefficient (Wildman–Crippen LogP) is 1.45. The van der Waals surface area contributed by atoms with Crippen LogP contribution < -0.4 is 10.6 Å². The number of hydrogen-bond donors (Lipinski definition) is 1. The van der Waals surface area contributed by atoms with Crippen LogP contribution >= 0.6 is 0 Å². The summed E-state index contributed by atoms with van der Waals surface area (Å²) >= 11 is 0. The van der Waals surface area contributed by atoms with Gasteiger partial charge in [0.2, 0.25) is 5.91 Å². The number of halogens is 1. The second-order valence-corrected chi connectivity index (χ2v) is 4.03. The molecular weight excluding hydrogens is 207 g/mol. The van der Waals surface area contributed by atoms with Crippen LogP contribution in [0.15, 0.2) is 18.2 Å². The number of anilines is 1. The molecule has 1 atom stereocenters. The SMILES string of the molecule is CC[C@H](N)C(=O)N1CCc2ccc(F)cc21. The Morgan fingerprint density at radius 3 is 3.06 bits per heavy atom. The van der Waals surface area contributed by atoms with Gasteiger partial charge in [-0.25, -0.2) is 4.39 Å². The summed E-state index contributed by atoms with van der Waals surface area (Å²) in [5.41, 5.74) is 7.39. The van der Waals surface area contributed by atoms with Crippen molar-refractivity contribution < 1.29 is 9.18 Å². The third-order valence-electron chi connectivity index (χ3n) is 2.97. The smallest absolute Gasteiger partial charge is 0.243 e. The summed E-state index contributed by atoms with van der Waals surface area (Å²) in [6.45, 7) is 2.47. The lowest BCUT2D eigenvalue weighted by molar-refractivity contribution is -0.119. The number of fused-ring (bicyclic) bond motifs is 1. The molecule has 2 N–H and O–H groups in total. The second kappa shape index (κ2) is 4.22. The van der Waals surface area contributed by atoms with E-state index in [0.717, 1.165) is 12.0 Å². The van der Waals surface area contributed by atoms with Crippen molar-refractivity contribution in [2.45, 2.75) is 25.8 Å². The van der Waals surface area contributed by atoms with E-state index in [0.29, 0.717) is 18.7 Å². The summed E-state index contributed by atoms with van der Waals surface area (Å²) in [5.74, 6) is -0.435. The number of carbonyl (C=O) groups is 1. The van der Waals surface area contributed by atoms with Gasteiger partial charge in [-0.05, 0) is 30.5 Å². The van der Waals surface area contributed by atoms with Gasteiger partial charge in [-0.15, -0.1) is 0 Å². The van der Waals surface area contributed by atoms with Crippen LogP contribution in [-0.4, -0.2) is 18.5 Å². The van der Waals surface area contributed by atoms with Gasteiger partial charge >= 0.3 is 0 Å². The Kier molecular flexibility index (Phi) is 2.92. The van der Waals surface area contributed by atoms with E-state index in [1.165, 1.54) is 12.1 Å². The molecule has 0 bridgehead atoms. The average molecular weight is 222 g/mol. The maximum absolute atomic E-state index is 13.1. The summed E-state index contributed by atoms with van der Waals surface area (Å²) < 4.78 is 13.1. The highest BCUT2D eigenvalue weighted by Crippen LogP contribution is 2.29. The van der Waals surface area contributed by atoms with Crippen LogP contribution in [0.25, 0.3) is 0 Å². The summed E-state index contributed by atoms with van der Waals surface area (Å²) in [7, 11) is 0. The number of benzene rings is 1. The summed E-state index contributed by atoms with van der Waals surface area (Å²) in [4.78, 5) is 13.5. The molecule has 2 rings (SSSR count). The lowest BCUT2D eigenvalue weighted by Gasteiger charge is -2.20. The van der Waals surface area contributed by atoms with Crippen molar-refractivity contribution in [3.8, 4) is 0 Å². The van der Waals surface area contributed by atoms with Crippen molar-refractivity contribution in [1.29, 1.82) is 0 Å². The molecular formula is C12H15FN2O. The number of amides is 1. The maximum Gasteiger partial charge on any atom is 0.243 e. The third kappa shape index (κ3) is 1.80. The molecule has 0 radical (unpaired) electrons. The first kappa shape index (κ1) is 11.1. The van der Waals surface area contributed by atoms with Gasteiger partial charge < -0.3 is 10.6 Å². The average Bonchev–Trinajstić information content (AvgIpc) is 2.69. The van der Waals surface area contributed by atoms with Gasteiger partial charge in [0.25, 0.3) is 0 Å². The maximum atomic E-state index is 13.1. The molecule has 1 aliphatic heterocycles. The molecule has 1 aromatic carbocycles. The molecule has 0 fully saturated rings. The zero-order chi connectivity index (χ0) is 11.7. The normalized spacial score (nSPS) is 16.1. The van der Waals surface area contributed by atoms with Crippen molar-refractivity contribution >= 4 is 11.6 Å². The van der Waals surface area contributed by atoms with Crippen LogP contribution in [-0.2, 0) is 11.2 Å². The zero-order valence-corrected chi connectivity index (χ0v) is 9.24. The van der Waals surface area contributed by atoms with Gasteiger partial charge in [-0.3, -0.25) is 4.79 Å². The number of nitrogens with two attached hydrogens (primary N) is 1. The lowest BCUT2D eigenvalue weighted by Crippen LogP contribution is -2.42. The molecule has 1 heterocycles. The van der Waals surface area contributed by atoms with E-state index in [2.05, 4.69) is 0 Å². The Balaban J connectivity index is 2.29. The Morgan fingerprint density at radius 1 is 1.62 bits per heavy atom. The van der Waals surface area contributed by atoms with Gasteiger partial charge in [-0.2, -0.15) is 0 Å². The highest BCUT2D eigenvalue weighted by Gasteiger charge is 2.27. The van der Waals surface area contributed by atoms with Gasteiger partial charge in [0.1, 0.15) is 5.82 Å². The predicted molar refractivity (Wildman–Crippen MR) is 60.7 cm³/mol. The van der Waals surface area contributed by atoms with Gasteiger partial charge in [0.05, 0.1) is 6.04 Å². The van der Waals surface area contributed by atoms with E-state index in [1.807, 2.05) is 6.92 Å². The van der Waals surface area contributed by atoms with Gasteiger partial charge in [0.15, 0.2) is 0 Å². The monoisotopic (exact) mass is 222 g/mol. The number of rotatable bonds is 2. The van der Waals surface area contributed by atoms with Gasteiger partial charge in [0, 0.05) is 12.2 Å².